The van der Waals surface area contributed by atoms with Crippen molar-refractivity contribution >= 4 is 11.3 Å². The van der Waals surface area contributed by atoms with E-state index < -0.39 is 0 Å². The van der Waals surface area contributed by atoms with E-state index in [0.717, 1.165) is 30.5 Å². The quantitative estimate of drug-likeness (QED) is 0.646. The molecule has 1 aliphatic heterocycles. The molecule has 1 N–H and O–H groups in total. The van der Waals surface area contributed by atoms with Gasteiger partial charge in [0, 0.05) is 12.1 Å². The van der Waals surface area contributed by atoms with Crippen LogP contribution in [-0.2, 0) is 6.61 Å². The molecule has 0 aromatic heterocycles. The van der Waals surface area contributed by atoms with Gasteiger partial charge in [-0.25, -0.2) is 0 Å². The van der Waals surface area contributed by atoms with E-state index in [1.165, 1.54) is 6.07 Å². The Balaban J connectivity index is 1.82. The number of ether oxygens (including phenoxy) is 1. The van der Waals surface area contributed by atoms with Crippen molar-refractivity contribution in [2.45, 2.75) is 25.5 Å². The number of hydrogen-bond donors (Lipinski definition) is 1. The lowest BCUT2D eigenvalue weighted by molar-refractivity contribution is -0.385. The third kappa shape index (κ3) is 3.63. The summed E-state index contributed by atoms with van der Waals surface area (Å²) in [6.45, 7) is 5.43. The highest BCUT2D eigenvalue weighted by Gasteiger charge is 2.24. The van der Waals surface area contributed by atoms with E-state index in [4.69, 9.17) is 4.74 Å². The predicted molar refractivity (Wildman–Crippen MR) is 93.9 cm³/mol. The molecular weight excluding hydrogens is 304 g/mol. The number of nitro benzene ring substituents is 1. The molecule has 0 bridgehead atoms. The van der Waals surface area contributed by atoms with E-state index in [1.54, 1.807) is 12.1 Å². The monoisotopic (exact) mass is 324 g/mol. The summed E-state index contributed by atoms with van der Waals surface area (Å²) in [7, 11) is 0. The second-order valence-electron chi connectivity index (χ2n) is 5.88. The molecule has 1 atom stereocenters. The van der Waals surface area contributed by atoms with Crippen molar-refractivity contribution in [3.63, 3.8) is 0 Å². The van der Waals surface area contributed by atoms with E-state index in [-0.39, 0.29) is 16.7 Å². The number of rotatable bonds is 6. The number of benzene rings is 2. The highest BCUT2D eigenvalue weighted by atomic mass is 16.6. The molecule has 2 aromatic carbocycles. The molecule has 1 heterocycles. The maximum Gasteiger partial charge on any atom is 0.277 e. The number of nitrogens with one attached hydrogen (secondary N) is 1. The van der Waals surface area contributed by atoms with Crippen LogP contribution in [0.4, 0.5) is 5.69 Å². The topological polar surface area (TPSA) is 64.4 Å². The summed E-state index contributed by atoms with van der Waals surface area (Å²) in [6.07, 6.45) is 2.01. The van der Waals surface area contributed by atoms with Crippen molar-refractivity contribution in [1.29, 1.82) is 0 Å². The first-order valence-electron chi connectivity index (χ1n) is 8.03. The summed E-state index contributed by atoms with van der Waals surface area (Å²) in [6, 6.07) is 14.8. The summed E-state index contributed by atoms with van der Waals surface area (Å²) in [5, 5.41) is 14.7. The molecular formula is C19H20N2O3. The maximum absolute atomic E-state index is 11.3. The van der Waals surface area contributed by atoms with Gasteiger partial charge in [-0.3, -0.25) is 10.1 Å². The zero-order valence-electron chi connectivity index (χ0n) is 13.4. The van der Waals surface area contributed by atoms with Crippen LogP contribution in [0.1, 0.15) is 24.0 Å². The third-order valence-electron chi connectivity index (χ3n) is 4.24. The standard InChI is InChI=1S/C19H20N2O3/c1-14(18-8-5-11-20-18)17-12-16(9-10-19(17)21(22)23)24-13-15-6-3-2-4-7-15/h2-4,6-7,9-10,12,18,20H,1,5,8,11,13H2. The van der Waals surface area contributed by atoms with Crippen molar-refractivity contribution in [1.82, 2.24) is 5.32 Å². The van der Waals surface area contributed by atoms with E-state index in [0.29, 0.717) is 17.9 Å². The van der Waals surface area contributed by atoms with E-state index in [1.807, 2.05) is 30.3 Å². The summed E-state index contributed by atoms with van der Waals surface area (Å²) in [5.41, 5.74) is 2.42. The van der Waals surface area contributed by atoms with Gasteiger partial charge in [-0.05, 0) is 42.7 Å². The van der Waals surface area contributed by atoms with Crippen molar-refractivity contribution in [3.8, 4) is 5.75 Å². The highest BCUT2D eigenvalue weighted by Crippen LogP contribution is 2.33. The molecule has 0 saturated carbocycles. The average molecular weight is 324 g/mol. The van der Waals surface area contributed by atoms with Gasteiger partial charge < -0.3 is 10.1 Å². The summed E-state index contributed by atoms with van der Waals surface area (Å²) in [5.74, 6) is 0.610. The van der Waals surface area contributed by atoms with Crippen molar-refractivity contribution in [3.05, 3.63) is 76.4 Å². The molecule has 1 unspecified atom stereocenters. The molecule has 1 fully saturated rings. The fourth-order valence-electron chi connectivity index (χ4n) is 2.93. The molecule has 2 aromatic rings. The fourth-order valence-corrected chi connectivity index (χ4v) is 2.93. The lowest BCUT2D eigenvalue weighted by Gasteiger charge is -2.15. The van der Waals surface area contributed by atoms with Crippen molar-refractivity contribution in [2.75, 3.05) is 6.54 Å². The zero-order valence-corrected chi connectivity index (χ0v) is 13.4. The second kappa shape index (κ2) is 7.27. The van der Waals surface area contributed by atoms with E-state index >= 15 is 0 Å². The van der Waals surface area contributed by atoms with Gasteiger partial charge in [0.15, 0.2) is 0 Å². The number of hydrogen-bond acceptors (Lipinski definition) is 4. The Labute approximate surface area is 141 Å². The summed E-state index contributed by atoms with van der Waals surface area (Å²) >= 11 is 0. The van der Waals surface area contributed by atoms with Crippen LogP contribution in [0.3, 0.4) is 0 Å². The van der Waals surface area contributed by atoms with Gasteiger partial charge in [-0.1, -0.05) is 36.9 Å². The van der Waals surface area contributed by atoms with Crippen LogP contribution in [-0.4, -0.2) is 17.5 Å². The molecule has 1 saturated heterocycles. The van der Waals surface area contributed by atoms with E-state index in [9.17, 15) is 10.1 Å². The first-order chi connectivity index (χ1) is 11.6. The first kappa shape index (κ1) is 16.2. The summed E-state index contributed by atoms with van der Waals surface area (Å²) in [4.78, 5) is 11.0. The molecule has 0 aliphatic carbocycles. The Bertz CT molecular complexity index is 738. The highest BCUT2D eigenvalue weighted by molar-refractivity contribution is 5.75. The van der Waals surface area contributed by atoms with Crippen LogP contribution in [0.5, 0.6) is 5.75 Å². The smallest absolute Gasteiger partial charge is 0.277 e. The average Bonchev–Trinajstić information content (AvgIpc) is 3.14. The lowest BCUT2D eigenvalue weighted by atomic mass is 9.97. The Morgan fingerprint density at radius 2 is 2.08 bits per heavy atom. The molecule has 124 valence electrons. The minimum absolute atomic E-state index is 0.0701. The number of nitro groups is 1. The van der Waals surface area contributed by atoms with E-state index in [2.05, 4.69) is 11.9 Å². The van der Waals surface area contributed by atoms with Crippen molar-refractivity contribution < 1.29 is 9.66 Å². The van der Waals surface area contributed by atoms with Crippen LogP contribution in [0.2, 0.25) is 0 Å². The van der Waals surface area contributed by atoms with Gasteiger partial charge in [0.05, 0.1) is 10.5 Å². The Morgan fingerprint density at radius 3 is 2.75 bits per heavy atom. The predicted octanol–water partition coefficient (Wildman–Crippen LogP) is 3.94. The lowest BCUT2D eigenvalue weighted by Crippen LogP contribution is -2.22. The molecule has 5 nitrogen and oxygen atoms in total. The van der Waals surface area contributed by atoms with Gasteiger partial charge in [0.25, 0.3) is 5.69 Å². The van der Waals surface area contributed by atoms with Crippen LogP contribution in [0.25, 0.3) is 5.57 Å². The largest absolute Gasteiger partial charge is 0.489 e. The van der Waals surface area contributed by atoms with Crippen LogP contribution in [0.15, 0.2) is 55.1 Å². The SMILES string of the molecule is C=C(c1cc(OCc2ccccc2)ccc1[N+](=O)[O-])C1CCCN1. The van der Waals surface area contributed by atoms with Gasteiger partial charge >= 0.3 is 0 Å². The van der Waals surface area contributed by atoms with Crippen molar-refractivity contribution in [2.24, 2.45) is 0 Å². The Kier molecular flexibility index (Phi) is 4.91. The van der Waals surface area contributed by atoms with Crippen LogP contribution in [0, 0.1) is 10.1 Å². The van der Waals surface area contributed by atoms with Gasteiger partial charge in [0.1, 0.15) is 12.4 Å². The zero-order chi connectivity index (χ0) is 16.9. The minimum atomic E-state index is -0.365. The summed E-state index contributed by atoms with van der Waals surface area (Å²) < 4.78 is 5.80. The minimum Gasteiger partial charge on any atom is -0.489 e. The Morgan fingerprint density at radius 1 is 1.29 bits per heavy atom. The van der Waals surface area contributed by atoms with Gasteiger partial charge in [0.2, 0.25) is 0 Å². The van der Waals surface area contributed by atoms with Crippen LogP contribution >= 0.6 is 0 Å². The molecule has 0 spiro atoms. The molecule has 0 radical (unpaired) electrons. The maximum atomic E-state index is 11.3. The first-order valence-corrected chi connectivity index (χ1v) is 8.03. The normalized spacial score (nSPS) is 16.8. The molecule has 0 amide bonds. The number of nitrogens with zero attached hydrogens (tertiary/aromatic N) is 1. The molecule has 3 rings (SSSR count). The second-order valence-corrected chi connectivity index (χ2v) is 5.88. The molecule has 5 heteroatoms. The third-order valence-corrected chi connectivity index (χ3v) is 4.24. The molecule has 24 heavy (non-hydrogen) atoms. The fraction of sp³-hybridized carbons (Fsp3) is 0.263. The molecule has 1 aliphatic rings. The Hall–Kier alpha value is -2.66. The van der Waals surface area contributed by atoms with Gasteiger partial charge in [-0.15, -0.1) is 0 Å². The van der Waals surface area contributed by atoms with Gasteiger partial charge in [-0.2, -0.15) is 0 Å². The van der Waals surface area contributed by atoms with Crippen LogP contribution < -0.4 is 10.1 Å².